The van der Waals surface area contributed by atoms with E-state index in [-0.39, 0.29) is 11.3 Å². The van der Waals surface area contributed by atoms with Crippen molar-refractivity contribution in [1.82, 2.24) is 14.9 Å². The van der Waals surface area contributed by atoms with Gasteiger partial charge in [-0.15, -0.1) is 0 Å². The fourth-order valence-electron chi connectivity index (χ4n) is 4.70. The summed E-state index contributed by atoms with van der Waals surface area (Å²) in [6.07, 6.45) is 10.7. The second kappa shape index (κ2) is 10.9. The van der Waals surface area contributed by atoms with Gasteiger partial charge in [0.1, 0.15) is 11.3 Å². The zero-order chi connectivity index (χ0) is 24.1. The Morgan fingerprint density at radius 2 is 2.18 bits per heavy atom. The third-order valence-corrected chi connectivity index (χ3v) is 6.66. The Hall–Kier alpha value is -3.13. The van der Waals surface area contributed by atoms with Crippen molar-refractivity contribution in [2.45, 2.75) is 44.6 Å². The van der Waals surface area contributed by atoms with Crippen LogP contribution in [0.3, 0.4) is 0 Å². The summed E-state index contributed by atoms with van der Waals surface area (Å²) in [7, 11) is 1.60. The lowest BCUT2D eigenvalue weighted by molar-refractivity contribution is 0.188. The second-order valence-electron chi connectivity index (χ2n) is 9.12. The number of pyridine rings is 2. The van der Waals surface area contributed by atoms with Crippen LogP contribution in [0.4, 0.5) is 4.39 Å². The van der Waals surface area contributed by atoms with E-state index < -0.39 is 5.82 Å². The molecule has 1 aliphatic carbocycles. The van der Waals surface area contributed by atoms with E-state index in [1.807, 2.05) is 0 Å². The van der Waals surface area contributed by atoms with Gasteiger partial charge in [0.15, 0.2) is 11.6 Å². The number of allylic oxidation sites excluding steroid dienone is 1. The number of ether oxygens (including phenoxy) is 2. The highest BCUT2D eigenvalue weighted by molar-refractivity contribution is 5.81. The largest absolute Gasteiger partial charge is 0.492 e. The van der Waals surface area contributed by atoms with Gasteiger partial charge in [-0.05, 0) is 61.7 Å². The lowest BCUT2D eigenvalue weighted by Crippen LogP contribution is -2.35. The Bertz CT molecular complexity index is 1160. The molecule has 0 spiro atoms. The Morgan fingerprint density at radius 1 is 1.38 bits per heavy atom. The summed E-state index contributed by atoms with van der Waals surface area (Å²) in [5.41, 5.74) is 8.49. The summed E-state index contributed by atoms with van der Waals surface area (Å²) < 4.78 is 27.4. The van der Waals surface area contributed by atoms with Crippen molar-refractivity contribution in [3.05, 3.63) is 70.3 Å². The predicted molar refractivity (Wildman–Crippen MR) is 131 cm³/mol. The van der Waals surface area contributed by atoms with Gasteiger partial charge in [0, 0.05) is 31.9 Å². The maximum absolute atomic E-state index is 14.5. The summed E-state index contributed by atoms with van der Waals surface area (Å²) in [5, 5.41) is 3.60. The highest BCUT2D eigenvalue weighted by atomic mass is 19.1. The van der Waals surface area contributed by atoms with Crippen LogP contribution in [0.5, 0.6) is 5.75 Å². The van der Waals surface area contributed by atoms with E-state index in [1.54, 1.807) is 13.1 Å². The molecule has 0 atom stereocenters. The number of nitrogens with two attached hydrogens (primary N) is 1. The van der Waals surface area contributed by atoms with Crippen molar-refractivity contribution < 1.29 is 13.9 Å². The smallest absolute Gasteiger partial charge is 0.250 e. The van der Waals surface area contributed by atoms with E-state index in [0.29, 0.717) is 36.2 Å². The van der Waals surface area contributed by atoms with E-state index in [4.69, 9.17) is 15.2 Å². The number of nitrogens with zero attached hydrogens (tertiary/aromatic N) is 2. The summed E-state index contributed by atoms with van der Waals surface area (Å²) in [5.74, 6) is 0.648. The topological polar surface area (TPSA) is 91.4 Å². The Labute approximate surface area is 199 Å². The van der Waals surface area contributed by atoms with E-state index in [0.717, 1.165) is 68.2 Å². The summed E-state index contributed by atoms with van der Waals surface area (Å²) in [6.45, 7) is 6.02. The molecule has 0 amide bonds. The number of nitrogens with one attached hydrogen (secondary N) is 1. The Balaban J connectivity index is 1.27. The quantitative estimate of drug-likeness (QED) is 0.644. The SMILES string of the molecule is C=C(/C=C1/CCCO/C1=C/N)CNC1CCC(COc2c(F)cnc3ccc(=O)n(C)c23)CC1. The predicted octanol–water partition coefficient (Wildman–Crippen LogP) is 3.69. The molecule has 1 saturated heterocycles. The molecule has 182 valence electrons. The molecule has 0 bridgehead atoms. The van der Waals surface area contributed by atoms with Crippen molar-refractivity contribution in [3.63, 3.8) is 0 Å². The zero-order valence-electron chi connectivity index (χ0n) is 19.7. The number of hydrogen-bond acceptors (Lipinski definition) is 6. The average Bonchev–Trinajstić information content (AvgIpc) is 2.85. The average molecular weight is 469 g/mol. The van der Waals surface area contributed by atoms with Crippen molar-refractivity contribution in [2.24, 2.45) is 18.7 Å². The first kappa shape index (κ1) is 24.0. The molecule has 0 aromatic carbocycles. The molecular formula is C26H33FN4O3. The number of hydrogen-bond donors (Lipinski definition) is 2. The lowest BCUT2D eigenvalue weighted by Gasteiger charge is -2.29. The van der Waals surface area contributed by atoms with Crippen LogP contribution in [-0.4, -0.2) is 35.4 Å². The van der Waals surface area contributed by atoms with Gasteiger partial charge in [-0.1, -0.05) is 12.7 Å². The standard InChI is InChI=1S/C26H33FN4O3/c1-17(12-19-4-3-11-33-23(19)13-28)14-29-20-7-5-18(6-8-20)16-34-26-21(27)15-30-22-9-10-24(32)31(2)25(22)26/h9-10,12-13,15,18,20,29H,1,3-8,11,14,16,28H2,2H3/b19-12-,23-13+. The molecule has 2 aliphatic rings. The van der Waals surface area contributed by atoms with Crippen molar-refractivity contribution in [2.75, 3.05) is 19.8 Å². The number of aromatic nitrogens is 2. The molecule has 34 heavy (non-hydrogen) atoms. The molecule has 7 nitrogen and oxygen atoms in total. The molecule has 1 aliphatic heterocycles. The van der Waals surface area contributed by atoms with Crippen LogP contribution >= 0.6 is 0 Å². The highest BCUT2D eigenvalue weighted by Crippen LogP contribution is 2.30. The van der Waals surface area contributed by atoms with E-state index >= 15 is 0 Å². The van der Waals surface area contributed by atoms with Gasteiger partial charge in [0.2, 0.25) is 0 Å². The van der Waals surface area contributed by atoms with Crippen molar-refractivity contribution in [3.8, 4) is 5.75 Å². The van der Waals surface area contributed by atoms with E-state index in [2.05, 4.69) is 23.0 Å². The van der Waals surface area contributed by atoms with Crippen molar-refractivity contribution >= 4 is 11.0 Å². The molecular weight excluding hydrogens is 435 g/mol. The zero-order valence-corrected chi connectivity index (χ0v) is 19.7. The molecule has 8 heteroatoms. The summed E-state index contributed by atoms with van der Waals surface area (Å²) in [6, 6.07) is 3.43. The second-order valence-corrected chi connectivity index (χ2v) is 9.12. The molecule has 0 radical (unpaired) electrons. The number of aryl methyl sites for hydroxylation is 1. The van der Waals surface area contributed by atoms with Gasteiger partial charge in [-0.2, -0.15) is 0 Å². The van der Waals surface area contributed by atoms with Crippen LogP contribution in [0.2, 0.25) is 0 Å². The number of fused-ring (bicyclic) bond motifs is 1. The van der Waals surface area contributed by atoms with Crippen molar-refractivity contribution in [1.29, 1.82) is 0 Å². The first-order valence-corrected chi connectivity index (χ1v) is 11.9. The normalized spacial score (nSPS) is 23.2. The van der Waals surface area contributed by atoms with Crippen LogP contribution in [0, 0.1) is 11.7 Å². The lowest BCUT2D eigenvalue weighted by atomic mass is 9.86. The summed E-state index contributed by atoms with van der Waals surface area (Å²) >= 11 is 0. The molecule has 2 aromatic rings. The fraction of sp³-hybridized carbons (Fsp3) is 0.462. The van der Waals surface area contributed by atoms with E-state index in [9.17, 15) is 9.18 Å². The Morgan fingerprint density at radius 3 is 2.94 bits per heavy atom. The van der Waals surface area contributed by atoms with E-state index in [1.165, 1.54) is 16.8 Å². The molecule has 4 rings (SSSR count). The maximum Gasteiger partial charge on any atom is 0.250 e. The van der Waals surface area contributed by atoms with Gasteiger partial charge in [0.05, 0.1) is 24.9 Å². The van der Waals surface area contributed by atoms with Gasteiger partial charge >= 0.3 is 0 Å². The van der Waals surface area contributed by atoms with Gasteiger partial charge in [0.25, 0.3) is 5.56 Å². The van der Waals surface area contributed by atoms with Crippen LogP contribution in [0.25, 0.3) is 11.0 Å². The third-order valence-electron chi connectivity index (χ3n) is 6.66. The maximum atomic E-state index is 14.5. The van der Waals surface area contributed by atoms with Gasteiger partial charge in [-0.3, -0.25) is 9.78 Å². The first-order valence-electron chi connectivity index (χ1n) is 11.9. The van der Waals surface area contributed by atoms with Gasteiger partial charge < -0.3 is 25.1 Å². The van der Waals surface area contributed by atoms with Crippen LogP contribution < -0.4 is 21.3 Å². The molecule has 2 aromatic heterocycles. The first-order chi connectivity index (χ1) is 16.5. The molecule has 3 heterocycles. The monoisotopic (exact) mass is 468 g/mol. The minimum atomic E-state index is -0.548. The third kappa shape index (κ3) is 5.50. The molecule has 0 unspecified atom stereocenters. The number of halogens is 1. The minimum Gasteiger partial charge on any atom is -0.492 e. The van der Waals surface area contributed by atoms with Crippen LogP contribution in [0.1, 0.15) is 38.5 Å². The molecule has 2 fully saturated rings. The highest BCUT2D eigenvalue weighted by Gasteiger charge is 2.23. The Kier molecular flexibility index (Phi) is 7.67. The fourth-order valence-corrected chi connectivity index (χ4v) is 4.70. The van der Waals surface area contributed by atoms with Crippen LogP contribution in [-0.2, 0) is 11.8 Å². The molecule has 3 N–H and O–H groups in total. The van der Waals surface area contributed by atoms with Gasteiger partial charge in [-0.25, -0.2) is 4.39 Å². The minimum absolute atomic E-state index is 0.104. The number of rotatable bonds is 7. The summed E-state index contributed by atoms with van der Waals surface area (Å²) in [4.78, 5) is 16.1. The van der Waals surface area contributed by atoms with Crippen LogP contribution in [0.15, 0.2) is 58.9 Å². The molecule has 1 saturated carbocycles.